The van der Waals surface area contributed by atoms with E-state index >= 15 is 0 Å². The third-order valence-electron chi connectivity index (χ3n) is 13.4. The number of para-hydroxylation sites is 2. The lowest BCUT2D eigenvalue weighted by molar-refractivity contribution is 0.563. The van der Waals surface area contributed by atoms with Crippen LogP contribution < -0.4 is 4.90 Å². The van der Waals surface area contributed by atoms with E-state index < -0.39 is 0 Å². The molecule has 3 heteroatoms. The number of thiophene rings is 1. The van der Waals surface area contributed by atoms with Gasteiger partial charge in [0.05, 0.1) is 11.0 Å². The van der Waals surface area contributed by atoms with Crippen LogP contribution in [0.3, 0.4) is 0 Å². The van der Waals surface area contributed by atoms with Crippen LogP contribution in [0.2, 0.25) is 0 Å². The summed E-state index contributed by atoms with van der Waals surface area (Å²) in [6.45, 7) is 0. The van der Waals surface area contributed by atoms with Crippen molar-refractivity contribution >= 4 is 70.4 Å². The van der Waals surface area contributed by atoms with E-state index in [1.165, 1.54) is 97.9 Å². The van der Waals surface area contributed by atoms with Crippen LogP contribution in [-0.2, 0) is 18.3 Å². The van der Waals surface area contributed by atoms with Gasteiger partial charge in [-0.3, -0.25) is 0 Å². The van der Waals surface area contributed by atoms with Gasteiger partial charge in [0, 0.05) is 59.1 Å². The van der Waals surface area contributed by atoms with Crippen LogP contribution in [0.25, 0.3) is 69.9 Å². The Hall–Kier alpha value is -7.20. The lowest BCUT2D eigenvalue weighted by atomic mass is 9.75. The topological polar surface area (TPSA) is 8.17 Å². The molecular weight excluding hydrogens is 745 g/mol. The number of hydrogen-bond donors (Lipinski definition) is 0. The molecule has 0 amide bonds. The average molecular weight is 783 g/mol. The van der Waals surface area contributed by atoms with Gasteiger partial charge in [0.15, 0.2) is 0 Å². The van der Waals surface area contributed by atoms with Crippen LogP contribution >= 0.6 is 11.3 Å². The highest BCUT2D eigenvalue weighted by atomic mass is 32.1. The Bertz CT molecular complexity index is 3490. The summed E-state index contributed by atoms with van der Waals surface area (Å²) in [5.41, 5.74) is 17.9. The van der Waals surface area contributed by atoms with Gasteiger partial charge in [-0.2, -0.15) is 0 Å². The van der Waals surface area contributed by atoms with Crippen molar-refractivity contribution in [2.45, 2.75) is 18.3 Å². The summed E-state index contributed by atoms with van der Waals surface area (Å²) in [6, 6.07) is 77.0. The van der Waals surface area contributed by atoms with Gasteiger partial charge < -0.3 is 9.47 Å². The van der Waals surface area contributed by atoms with Gasteiger partial charge >= 0.3 is 0 Å². The Balaban J connectivity index is 0.999. The summed E-state index contributed by atoms with van der Waals surface area (Å²) in [6.07, 6.45) is 2.03. The Labute approximate surface area is 352 Å². The molecule has 2 aliphatic rings. The molecule has 282 valence electrons. The summed E-state index contributed by atoms with van der Waals surface area (Å²) >= 11 is 1.87. The van der Waals surface area contributed by atoms with Crippen LogP contribution in [0.5, 0.6) is 0 Å². The van der Waals surface area contributed by atoms with Crippen LogP contribution in [0, 0.1) is 0 Å². The average Bonchev–Trinajstić information content (AvgIpc) is 4.05. The molecule has 0 radical (unpaired) electrons. The molecule has 0 unspecified atom stereocenters. The minimum Gasteiger partial charge on any atom is -0.310 e. The number of rotatable bonds is 5. The van der Waals surface area contributed by atoms with E-state index in [1.807, 2.05) is 11.3 Å². The summed E-state index contributed by atoms with van der Waals surface area (Å²) in [5, 5.41) is 5.12. The molecule has 2 heterocycles. The van der Waals surface area contributed by atoms with Crippen LogP contribution in [-0.4, -0.2) is 4.57 Å². The van der Waals surface area contributed by atoms with Gasteiger partial charge in [-0.1, -0.05) is 127 Å². The molecule has 2 nitrogen and oxygen atoms in total. The van der Waals surface area contributed by atoms with Gasteiger partial charge in [-0.25, -0.2) is 0 Å². The quantitative estimate of drug-likeness (QED) is 0.169. The van der Waals surface area contributed by atoms with Crippen molar-refractivity contribution < 1.29 is 0 Å². The zero-order valence-corrected chi connectivity index (χ0v) is 33.7. The standard InChI is InChI=1S/C57H38N2S/c1-2-16-41(17-3-1)59-53-23-10-7-20-47(53)49-32-38(25-29-54(49)59)37-15-12-18-42(31-37)58(43-27-30-56-50(33-43)48-21-8-11-24-55(48)60-56)44-26-28-46-45-19-6-9-22-51(45)57(52(46)34-44)35-39-13-4-5-14-40(39)36-57/h1-34H,35-36H2. The van der Waals surface area contributed by atoms with Crippen molar-refractivity contribution in [2.75, 3.05) is 4.90 Å². The molecule has 0 saturated heterocycles. The molecule has 2 aromatic heterocycles. The smallest absolute Gasteiger partial charge is 0.0541 e. The second kappa shape index (κ2) is 12.9. The molecule has 0 N–H and O–H groups in total. The number of anilines is 3. The molecule has 1 spiro atoms. The van der Waals surface area contributed by atoms with E-state index in [-0.39, 0.29) is 5.41 Å². The molecule has 13 rings (SSSR count). The normalized spacial score (nSPS) is 13.7. The van der Waals surface area contributed by atoms with Crippen molar-refractivity contribution in [2.24, 2.45) is 0 Å². The molecule has 9 aromatic carbocycles. The first-order chi connectivity index (χ1) is 29.7. The minimum absolute atomic E-state index is 0.0962. The van der Waals surface area contributed by atoms with E-state index in [4.69, 9.17) is 0 Å². The molecule has 2 aliphatic carbocycles. The number of nitrogens with zero attached hydrogens (tertiary/aromatic N) is 2. The van der Waals surface area contributed by atoms with Crippen LogP contribution in [0.15, 0.2) is 206 Å². The minimum atomic E-state index is -0.0962. The first kappa shape index (κ1) is 33.7. The molecule has 0 atom stereocenters. The maximum Gasteiger partial charge on any atom is 0.0541 e. The lowest BCUT2D eigenvalue weighted by Gasteiger charge is -2.30. The summed E-state index contributed by atoms with van der Waals surface area (Å²) < 4.78 is 5.02. The van der Waals surface area contributed by atoms with Crippen molar-refractivity contribution in [3.05, 3.63) is 229 Å². The predicted octanol–water partition coefficient (Wildman–Crippen LogP) is 15.4. The Kier molecular flexibility index (Phi) is 7.25. The number of benzene rings is 9. The fraction of sp³-hybridized carbons (Fsp3) is 0.0526. The molecular formula is C57H38N2S. The van der Waals surface area contributed by atoms with Crippen molar-refractivity contribution in [3.63, 3.8) is 0 Å². The van der Waals surface area contributed by atoms with E-state index in [0.717, 1.165) is 24.2 Å². The van der Waals surface area contributed by atoms with E-state index in [1.54, 1.807) is 0 Å². The summed E-state index contributed by atoms with van der Waals surface area (Å²) in [7, 11) is 0. The second-order valence-electron chi connectivity index (χ2n) is 16.6. The zero-order chi connectivity index (χ0) is 39.4. The zero-order valence-electron chi connectivity index (χ0n) is 32.8. The van der Waals surface area contributed by atoms with Crippen molar-refractivity contribution in [1.29, 1.82) is 0 Å². The predicted molar refractivity (Wildman–Crippen MR) is 254 cm³/mol. The first-order valence-electron chi connectivity index (χ1n) is 20.9. The third-order valence-corrected chi connectivity index (χ3v) is 14.5. The second-order valence-corrected chi connectivity index (χ2v) is 17.6. The number of fused-ring (bicyclic) bond motifs is 12. The molecule has 0 fully saturated rings. The fourth-order valence-electron chi connectivity index (χ4n) is 10.7. The molecule has 60 heavy (non-hydrogen) atoms. The van der Waals surface area contributed by atoms with Gasteiger partial charge in [0.25, 0.3) is 0 Å². The highest BCUT2D eigenvalue weighted by molar-refractivity contribution is 7.25. The Morgan fingerprint density at radius 1 is 0.400 bits per heavy atom. The Morgan fingerprint density at radius 2 is 1.05 bits per heavy atom. The van der Waals surface area contributed by atoms with Crippen molar-refractivity contribution in [1.82, 2.24) is 4.57 Å². The lowest BCUT2D eigenvalue weighted by Crippen LogP contribution is -2.26. The number of hydrogen-bond acceptors (Lipinski definition) is 2. The van der Waals surface area contributed by atoms with Gasteiger partial charge in [0.1, 0.15) is 0 Å². The number of aromatic nitrogens is 1. The SMILES string of the molecule is c1ccc(-n2c3ccccc3c3cc(-c4cccc(N(c5ccc6c(c5)C5(Cc7ccccc7C5)c5ccccc5-6)c5ccc6sc7ccccc7c6c5)c4)ccc32)cc1. The third kappa shape index (κ3) is 4.93. The molecule has 0 aliphatic heterocycles. The molecule has 0 bridgehead atoms. The van der Waals surface area contributed by atoms with Gasteiger partial charge in [0.2, 0.25) is 0 Å². The van der Waals surface area contributed by atoms with Gasteiger partial charge in [-0.05, 0) is 136 Å². The molecule has 11 aromatic rings. The van der Waals surface area contributed by atoms with Crippen molar-refractivity contribution in [3.8, 4) is 27.9 Å². The maximum atomic E-state index is 2.52. The monoisotopic (exact) mass is 782 g/mol. The largest absolute Gasteiger partial charge is 0.310 e. The van der Waals surface area contributed by atoms with Gasteiger partial charge in [-0.15, -0.1) is 11.3 Å². The van der Waals surface area contributed by atoms with E-state index in [2.05, 4.69) is 216 Å². The summed E-state index contributed by atoms with van der Waals surface area (Å²) in [5.74, 6) is 0. The first-order valence-corrected chi connectivity index (χ1v) is 21.7. The fourth-order valence-corrected chi connectivity index (χ4v) is 11.8. The van der Waals surface area contributed by atoms with E-state index in [0.29, 0.717) is 0 Å². The highest BCUT2D eigenvalue weighted by Crippen LogP contribution is 2.56. The maximum absolute atomic E-state index is 2.52. The molecule has 0 saturated carbocycles. The Morgan fingerprint density at radius 3 is 1.93 bits per heavy atom. The van der Waals surface area contributed by atoms with E-state index in [9.17, 15) is 0 Å². The highest BCUT2D eigenvalue weighted by Gasteiger charge is 2.47. The summed E-state index contributed by atoms with van der Waals surface area (Å²) in [4.78, 5) is 2.49. The van der Waals surface area contributed by atoms with Crippen LogP contribution in [0.1, 0.15) is 22.3 Å². The van der Waals surface area contributed by atoms with Crippen LogP contribution in [0.4, 0.5) is 17.1 Å².